The molecule has 1 aliphatic heterocycles. The first kappa shape index (κ1) is 18.8. The van der Waals surface area contributed by atoms with Gasteiger partial charge >= 0.3 is 0 Å². The van der Waals surface area contributed by atoms with Crippen molar-refractivity contribution < 1.29 is 14.7 Å². The maximum absolute atomic E-state index is 12.7. The lowest BCUT2D eigenvalue weighted by atomic mass is 10.1. The van der Waals surface area contributed by atoms with Crippen LogP contribution in [0.2, 0.25) is 0 Å². The Bertz CT molecular complexity index is 748. The number of nitrogens with one attached hydrogen (secondary N) is 1. The number of carbonyl (C=O) groups excluding carboxylic acids is 2. The molecule has 2 amide bonds. The molecule has 0 bridgehead atoms. The highest BCUT2D eigenvalue weighted by atomic mass is 16.3. The number of hydrogen-bond donors (Lipinski definition) is 2. The first-order valence-electron chi connectivity index (χ1n) is 8.92. The average Bonchev–Trinajstić information content (AvgIpc) is 2.73. The zero-order valence-corrected chi connectivity index (χ0v) is 15.0. The standard InChI is InChI=1S/C19H23N5O3/c25-14-16(22-17(26)13-15-5-2-1-3-6-15)18(27)23-9-11-24(12-10-23)19-20-7-4-8-21-19/h1-8,16,25H,9-14H2,(H,22,26). The lowest BCUT2D eigenvalue weighted by Crippen LogP contribution is -2.56. The second-order valence-corrected chi connectivity index (χ2v) is 6.33. The summed E-state index contributed by atoms with van der Waals surface area (Å²) in [7, 11) is 0. The van der Waals surface area contributed by atoms with Crippen molar-refractivity contribution in [2.45, 2.75) is 12.5 Å². The van der Waals surface area contributed by atoms with Crippen LogP contribution >= 0.6 is 0 Å². The third-order valence-electron chi connectivity index (χ3n) is 4.45. The Hall–Kier alpha value is -3.00. The molecule has 142 valence electrons. The summed E-state index contributed by atoms with van der Waals surface area (Å²) in [6, 6.07) is 10.1. The molecule has 1 fully saturated rings. The molecule has 1 unspecified atom stereocenters. The number of aliphatic hydroxyl groups excluding tert-OH is 1. The maximum Gasteiger partial charge on any atom is 0.247 e. The third-order valence-corrected chi connectivity index (χ3v) is 4.45. The van der Waals surface area contributed by atoms with Gasteiger partial charge in [-0.1, -0.05) is 30.3 Å². The predicted molar refractivity (Wildman–Crippen MR) is 100.0 cm³/mol. The van der Waals surface area contributed by atoms with Gasteiger partial charge in [0.1, 0.15) is 6.04 Å². The number of aromatic nitrogens is 2. The minimum Gasteiger partial charge on any atom is -0.394 e. The number of nitrogens with zero attached hydrogens (tertiary/aromatic N) is 4. The summed E-state index contributed by atoms with van der Waals surface area (Å²) in [5, 5.41) is 12.2. The number of aliphatic hydroxyl groups is 1. The van der Waals surface area contributed by atoms with E-state index >= 15 is 0 Å². The number of benzene rings is 1. The van der Waals surface area contributed by atoms with Crippen LogP contribution in [0.15, 0.2) is 48.8 Å². The van der Waals surface area contributed by atoms with E-state index in [1.807, 2.05) is 35.2 Å². The summed E-state index contributed by atoms with van der Waals surface area (Å²) in [6.07, 6.45) is 3.54. The van der Waals surface area contributed by atoms with Crippen LogP contribution in [-0.2, 0) is 16.0 Å². The summed E-state index contributed by atoms with van der Waals surface area (Å²) in [5.41, 5.74) is 0.857. The highest BCUT2D eigenvalue weighted by Crippen LogP contribution is 2.10. The number of rotatable bonds is 6. The van der Waals surface area contributed by atoms with Crippen molar-refractivity contribution in [1.29, 1.82) is 0 Å². The molecular formula is C19H23N5O3. The van der Waals surface area contributed by atoms with Crippen molar-refractivity contribution in [1.82, 2.24) is 20.2 Å². The first-order valence-corrected chi connectivity index (χ1v) is 8.92. The molecule has 1 atom stereocenters. The number of hydrogen-bond acceptors (Lipinski definition) is 6. The highest BCUT2D eigenvalue weighted by Gasteiger charge is 2.28. The lowest BCUT2D eigenvalue weighted by Gasteiger charge is -2.36. The average molecular weight is 369 g/mol. The minimum absolute atomic E-state index is 0.170. The van der Waals surface area contributed by atoms with Crippen LogP contribution in [-0.4, -0.2) is 70.6 Å². The van der Waals surface area contributed by atoms with E-state index in [2.05, 4.69) is 15.3 Å². The maximum atomic E-state index is 12.7. The number of amides is 2. The zero-order chi connectivity index (χ0) is 19.1. The van der Waals surface area contributed by atoms with Gasteiger partial charge in [0.25, 0.3) is 0 Å². The van der Waals surface area contributed by atoms with Crippen molar-refractivity contribution in [3.8, 4) is 0 Å². The number of carbonyl (C=O) groups is 2. The molecule has 1 saturated heterocycles. The van der Waals surface area contributed by atoms with E-state index in [0.717, 1.165) is 5.56 Å². The Morgan fingerprint density at radius 1 is 1.04 bits per heavy atom. The van der Waals surface area contributed by atoms with Crippen LogP contribution in [0.1, 0.15) is 5.56 Å². The smallest absolute Gasteiger partial charge is 0.247 e. The Kier molecular flexibility index (Phi) is 6.32. The van der Waals surface area contributed by atoms with Crippen LogP contribution in [0, 0.1) is 0 Å². The molecule has 8 heteroatoms. The zero-order valence-electron chi connectivity index (χ0n) is 15.0. The Balaban J connectivity index is 1.52. The SMILES string of the molecule is O=C(Cc1ccccc1)NC(CO)C(=O)N1CCN(c2ncccn2)CC1. The van der Waals surface area contributed by atoms with E-state index in [1.165, 1.54) is 0 Å². The van der Waals surface area contributed by atoms with Gasteiger partial charge in [-0.15, -0.1) is 0 Å². The van der Waals surface area contributed by atoms with Crippen LogP contribution in [0.3, 0.4) is 0 Å². The van der Waals surface area contributed by atoms with Gasteiger partial charge in [0.05, 0.1) is 13.0 Å². The molecule has 1 aromatic heterocycles. The first-order chi connectivity index (χ1) is 13.2. The normalized spacial score (nSPS) is 15.3. The quantitative estimate of drug-likeness (QED) is 0.735. The molecule has 1 aromatic carbocycles. The number of piperazine rings is 1. The highest BCUT2D eigenvalue weighted by molar-refractivity contribution is 5.88. The molecule has 0 spiro atoms. The van der Waals surface area contributed by atoms with E-state index in [0.29, 0.717) is 32.1 Å². The fourth-order valence-electron chi connectivity index (χ4n) is 3.01. The minimum atomic E-state index is -0.930. The van der Waals surface area contributed by atoms with Crippen LogP contribution in [0.25, 0.3) is 0 Å². The molecule has 8 nitrogen and oxygen atoms in total. The van der Waals surface area contributed by atoms with Gasteiger partial charge in [-0.05, 0) is 11.6 Å². The topological polar surface area (TPSA) is 98.7 Å². The Morgan fingerprint density at radius 2 is 1.70 bits per heavy atom. The third kappa shape index (κ3) is 5.01. The van der Waals surface area contributed by atoms with Gasteiger partial charge in [0.15, 0.2) is 0 Å². The summed E-state index contributed by atoms with van der Waals surface area (Å²) in [5.74, 6) is 0.0805. The van der Waals surface area contributed by atoms with Gasteiger partial charge in [0.2, 0.25) is 17.8 Å². The fourth-order valence-corrected chi connectivity index (χ4v) is 3.01. The molecule has 0 aliphatic carbocycles. The Labute approximate surface area is 157 Å². The second-order valence-electron chi connectivity index (χ2n) is 6.33. The fraction of sp³-hybridized carbons (Fsp3) is 0.368. The molecule has 2 N–H and O–H groups in total. The lowest BCUT2D eigenvalue weighted by molar-refractivity contribution is -0.137. The van der Waals surface area contributed by atoms with E-state index in [9.17, 15) is 14.7 Å². The van der Waals surface area contributed by atoms with E-state index in [-0.39, 0.29) is 18.2 Å². The van der Waals surface area contributed by atoms with E-state index in [4.69, 9.17) is 0 Å². The molecule has 3 rings (SSSR count). The largest absolute Gasteiger partial charge is 0.394 e. The van der Waals surface area contributed by atoms with Gasteiger partial charge in [-0.25, -0.2) is 9.97 Å². The van der Waals surface area contributed by atoms with E-state index < -0.39 is 12.6 Å². The van der Waals surface area contributed by atoms with Gasteiger partial charge in [-0.2, -0.15) is 0 Å². The van der Waals surface area contributed by atoms with Crippen molar-refractivity contribution >= 4 is 17.8 Å². The monoisotopic (exact) mass is 369 g/mol. The molecule has 27 heavy (non-hydrogen) atoms. The van der Waals surface area contributed by atoms with Crippen LogP contribution in [0.5, 0.6) is 0 Å². The summed E-state index contributed by atoms with van der Waals surface area (Å²) >= 11 is 0. The number of anilines is 1. The summed E-state index contributed by atoms with van der Waals surface area (Å²) in [6.45, 7) is 1.75. The van der Waals surface area contributed by atoms with Gasteiger partial charge < -0.3 is 20.2 Å². The van der Waals surface area contributed by atoms with Crippen molar-refractivity contribution in [2.24, 2.45) is 0 Å². The van der Waals surface area contributed by atoms with Crippen LogP contribution < -0.4 is 10.2 Å². The molecule has 0 radical (unpaired) electrons. The van der Waals surface area contributed by atoms with Crippen molar-refractivity contribution in [2.75, 3.05) is 37.7 Å². The van der Waals surface area contributed by atoms with Crippen molar-refractivity contribution in [3.05, 3.63) is 54.4 Å². The molecular weight excluding hydrogens is 346 g/mol. The Morgan fingerprint density at radius 3 is 2.33 bits per heavy atom. The van der Waals surface area contributed by atoms with Crippen molar-refractivity contribution in [3.63, 3.8) is 0 Å². The molecule has 1 aliphatic rings. The van der Waals surface area contributed by atoms with E-state index in [1.54, 1.807) is 23.4 Å². The van der Waals surface area contributed by atoms with Gasteiger partial charge in [0, 0.05) is 38.6 Å². The molecule has 2 aromatic rings. The summed E-state index contributed by atoms with van der Waals surface area (Å²) in [4.78, 5) is 36.9. The van der Waals surface area contributed by atoms with Gasteiger partial charge in [-0.3, -0.25) is 9.59 Å². The second kappa shape index (κ2) is 9.09. The summed E-state index contributed by atoms with van der Waals surface area (Å²) < 4.78 is 0. The van der Waals surface area contributed by atoms with Crippen LogP contribution in [0.4, 0.5) is 5.95 Å². The molecule has 2 heterocycles. The molecule has 0 saturated carbocycles. The predicted octanol–water partition coefficient (Wildman–Crippen LogP) is -0.155.